The smallest absolute Gasteiger partial charge is 0.0700 e. The van der Waals surface area contributed by atoms with Gasteiger partial charge in [0.2, 0.25) is 0 Å². The summed E-state index contributed by atoms with van der Waals surface area (Å²) in [7, 11) is 0. The Morgan fingerprint density at radius 1 is 0.700 bits per heavy atom. The van der Waals surface area contributed by atoms with Crippen molar-refractivity contribution in [2.75, 3.05) is 37.9 Å². The lowest BCUT2D eigenvalue weighted by Gasteiger charge is -2.01. The SMILES string of the molecule is [S]CCOCCOCC[S]. The van der Waals surface area contributed by atoms with Gasteiger partial charge in [0.05, 0.1) is 26.4 Å². The van der Waals surface area contributed by atoms with Gasteiger partial charge in [-0.05, 0) is 0 Å². The van der Waals surface area contributed by atoms with Crippen LogP contribution < -0.4 is 0 Å². The van der Waals surface area contributed by atoms with Gasteiger partial charge in [-0.15, -0.1) is 0 Å². The Balaban J connectivity index is 2.65. The van der Waals surface area contributed by atoms with Crippen LogP contribution in [0.1, 0.15) is 0 Å². The van der Waals surface area contributed by atoms with E-state index in [-0.39, 0.29) is 0 Å². The molecule has 0 aliphatic rings. The molecular formula is C6H12O2S2. The molecule has 0 aliphatic heterocycles. The summed E-state index contributed by atoms with van der Waals surface area (Å²) in [4.78, 5) is 0. The molecule has 0 aromatic rings. The van der Waals surface area contributed by atoms with Crippen LogP contribution in [0.2, 0.25) is 0 Å². The van der Waals surface area contributed by atoms with Crippen molar-refractivity contribution in [2.45, 2.75) is 0 Å². The molecule has 0 atom stereocenters. The molecule has 10 heavy (non-hydrogen) atoms. The van der Waals surface area contributed by atoms with Crippen LogP contribution >= 0.6 is 25.3 Å². The number of hydrogen-bond donors (Lipinski definition) is 0. The van der Waals surface area contributed by atoms with Crippen LogP contribution in [0.25, 0.3) is 0 Å². The second kappa shape index (κ2) is 9.62. The predicted molar refractivity (Wildman–Crippen MR) is 46.6 cm³/mol. The van der Waals surface area contributed by atoms with Crippen molar-refractivity contribution in [2.24, 2.45) is 0 Å². The molecule has 2 radical (unpaired) electrons. The Kier molecular flexibility index (Phi) is 10.2. The minimum atomic E-state index is 0.631. The molecule has 0 N–H and O–H groups in total. The third-order valence-corrected chi connectivity index (χ3v) is 1.16. The van der Waals surface area contributed by atoms with Crippen molar-refractivity contribution < 1.29 is 9.47 Å². The maximum atomic E-state index is 5.07. The van der Waals surface area contributed by atoms with E-state index in [9.17, 15) is 0 Å². The zero-order valence-corrected chi connectivity index (χ0v) is 7.51. The average molecular weight is 180 g/mol. The number of rotatable bonds is 7. The molecule has 0 amide bonds. The molecule has 0 saturated heterocycles. The molecule has 0 spiro atoms. The van der Waals surface area contributed by atoms with Crippen LogP contribution in [-0.4, -0.2) is 37.9 Å². The fraction of sp³-hybridized carbons (Fsp3) is 1.00. The third kappa shape index (κ3) is 8.62. The van der Waals surface area contributed by atoms with Crippen molar-refractivity contribution in [3.05, 3.63) is 0 Å². The van der Waals surface area contributed by atoms with Gasteiger partial charge in [-0.3, -0.25) is 0 Å². The monoisotopic (exact) mass is 180 g/mol. The summed E-state index contributed by atoms with van der Waals surface area (Å²) in [5.74, 6) is 1.31. The molecule has 0 aromatic carbocycles. The molecule has 0 fully saturated rings. The minimum Gasteiger partial charge on any atom is -0.378 e. The maximum absolute atomic E-state index is 5.07. The molecule has 0 unspecified atom stereocenters. The largest absolute Gasteiger partial charge is 0.378 e. The van der Waals surface area contributed by atoms with Crippen molar-refractivity contribution >= 4 is 25.3 Å². The van der Waals surface area contributed by atoms with E-state index in [0.29, 0.717) is 37.9 Å². The normalized spacial score (nSPS) is 10.2. The first-order chi connectivity index (χ1) is 4.91. The first-order valence-corrected chi connectivity index (χ1v) is 4.39. The summed E-state index contributed by atoms with van der Waals surface area (Å²) in [6.07, 6.45) is 0. The average Bonchev–Trinajstić information content (AvgIpc) is 1.97. The Bertz CT molecular complexity index is 53.7. The van der Waals surface area contributed by atoms with Gasteiger partial charge in [0.1, 0.15) is 0 Å². The Labute approximate surface area is 73.1 Å². The van der Waals surface area contributed by atoms with E-state index in [4.69, 9.17) is 9.47 Å². The summed E-state index contributed by atoms with van der Waals surface area (Å²) in [5, 5.41) is 0. The van der Waals surface area contributed by atoms with Crippen LogP contribution in [0.3, 0.4) is 0 Å². The Morgan fingerprint density at radius 2 is 1.10 bits per heavy atom. The van der Waals surface area contributed by atoms with Gasteiger partial charge in [0.25, 0.3) is 0 Å². The van der Waals surface area contributed by atoms with Crippen LogP contribution in [0.5, 0.6) is 0 Å². The second-order valence-electron chi connectivity index (χ2n) is 1.63. The highest BCUT2D eigenvalue weighted by molar-refractivity contribution is 7.80. The van der Waals surface area contributed by atoms with E-state index >= 15 is 0 Å². The van der Waals surface area contributed by atoms with E-state index < -0.39 is 0 Å². The highest BCUT2D eigenvalue weighted by atomic mass is 32.1. The van der Waals surface area contributed by atoms with E-state index in [2.05, 4.69) is 25.3 Å². The van der Waals surface area contributed by atoms with Crippen LogP contribution in [0.4, 0.5) is 0 Å². The molecule has 60 valence electrons. The number of ether oxygens (including phenoxy) is 2. The van der Waals surface area contributed by atoms with E-state index in [1.807, 2.05) is 0 Å². The van der Waals surface area contributed by atoms with Crippen molar-refractivity contribution in [1.82, 2.24) is 0 Å². The topological polar surface area (TPSA) is 18.5 Å². The molecule has 0 aliphatic carbocycles. The Hall–Kier alpha value is 0.620. The predicted octanol–water partition coefficient (Wildman–Crippen LogP) is 1.41. The molecule has 0 rings (SSSR count). The first-order valence-electron chi connectivity index (χ1n) is 3.23. The standard InChI is InChI=1S/C6H12O2S2/c9-5-3-7-1-2-8-4-6-10/h1-6H2. The van der Waals surface area contributed by atoms with Crippen LogP contribution in [-0.2, 0) is 9.47 Å². The van der Waals surface area contributed by atoms with Gasteiger partial charge in [-0.2, -0.15) is 0 Å². The number of hydrogen-bond acceptors (Lipinski definition) is 2. The van der Waals surface area contributed by atoms with E-state index in [1.54, 1.807) is 0 Å². The minimum absolute atomic E-state index is 0.631. The second-order valence-corrected chi connectivity index (χ2v) is 2.45. The zero-order chi connectivity index (χ0) is 7.66. The highest BCUT2D eigenvalue weighted by Crippen LogP contribution is 1.81. The lowest BCUT2D eigenvalue weighted by Crippen LogP contribution is -2.07. The summed E-state index contributed by atoms with van der Waals surface area (Å²) in [6.45, 7) is 2.55. The summed E-state index contributed by atoms with van der Waals surface area (Å²) in [6, 6.07) is 0. The highest BCUT2D eigenvalue weighted by Gasteiger charge is 1.86. The molecule has 2 nitrogen and oxygen atoms in total. The summed E-state index contributed by atoms with van der Waals surface area (Å²) in [5.41, 5.74) is 0. The van der Waals surface area contributed by atoms with E-state index in [0.717, 1.165) is 0 Å². The maximum Gasteiger partial charge on any atom is 0.0700 e. The third-order valence-electron chi connectivity index (χ3n) is 0.827. The van der Waals surface area contributed by atoms with Crippen LogP contribution in [0.15, 0.2) is 0 Å². The fourth-order valence-corrected chi connectivity index (χ4v) is 0.676. The van der Waals surface area contributed by atoms with Gasteiger partial charge in [-0.25, -0.2) is 0 Å². The fourth-order valence-electron chi connectivity index (χ4n) is 0.440. The molecular weight excluding hydrogens is 168 g/mol. The van der Waals surface area contributed by atoms with Crippen molar-refractivity contribution in [3.8, 4) is 0 Å². The van der Waals surface area contributed by atoms with Crippen LogP contribution in [0, 0.1) is 0 Å². The molecule has 0 bridgehead atoms. The van der Waals surface area contributed by atoms with Crippen molar-refractivity contribution in [3.63, 3.8) is 0 Å². The molecule has 4 heteroatoms. The quantitative estimate of drug-likeness (QED) is 0.552. The van der Waals surface area contributed by atoms with Gasteiger partial charge in [-0.1, -0.05) is 25.3 Å². The van der Waals surface area contributed by atoms with Gasteiger partial charge < -0.3 is 9.47 Å². The lowest BCUT2D eigenvalue weighted by molar-refractivity contribution is 0.0606. The zero-order valence-electron chi connectivity index (χ0n) is 5.88. The molecule has 0 saturated carbocycles. The molecule has 0 aromatic heterocycles. The first kappa shape index (κ1) is 10.6. The molecule has 0 heterocycles. The van der Waals surface area contributed by atoms with E-state index in [1.165, 1.54) is 0 Å². The van der Waals surface area contributed by atoms with Gasteiger partial charge >= 0.3 is 0 Å². The van der Waals surface area contributed by atoms with Gasteiger partial charge in [0.15, 0.2) is 0 Å². The summed E-state index contributed by atoms with van der Waals surface area (Å²) < 4.78 is 10.1. The summed E-state index contributed by atoms with van der Waals surface area (Å²) >= 11 is 9.34. The lowest BCUT2D eigenvalue weighted by atomic mass is 10.7. The van der Waals surface area contributed by atoms with Crippen molar-refractivity contribution in [1.29, 1.82) is 0 Å². The van der Waals surface area contributed by atoms with Gasteiger partial charge in [0, 0.05) is 11.5 Å². The Morgan fingerprint density at radius 3 is 1.40 bits per heavy atom.